The number of carbonyl (C=O) groups is 1. The number of carboxylic acids is 1. The third kappa shape index (κ3) is 7.94. The molecule has 1 unspecified atom stereocenters. The minimum absolute atomic E-state index is 0.221. The van der Waals surface area contributed by atoms with E-state index in [1.54, 1.807) is 19.1 Å². The van der Waals surface area contributed by atoms with Crippen LogP contribution in [-0.4, -0.2) is 48.9 Å². The average molecular weight is 391 g/mol. The van der Waals surface area contributed by atoms with Crippen LogP contribution in [0.25, 0.3) is 0 Å². The largest absolute Gasteiger partial charge is 0.477 e. The summed E-state index contributed by atoms with van der Waals surface area (Å²) >= 11 is 11.2. The van der Waals surface area contributed by atoms with Gasteiger partial charge in [-0.05, 0) is 19.1 Å². The van der Waals surface area contributed by atoms with E-state index < -0.39 is 5.97 Å². The van der Waals surface area contributed by atoms with Crippen LogP contribution in [0, 0.1) is 5.92 Å². The van der Waals surface area contributed by atoms with Gasteiger partial charge in [0.25, 0.3) is 0 Å². The van der Waals surface area contributed by atoms with Gasteiger partial charge >= 0.3 is 5.97 Å². The van der Waals surface area contributed by atoms with Crippen molar-refractivity contribution >= 4 is 29.2 Å². The predicted molar refractivity (Wildman–Crippen MR) is 99.1 cm³/mol. The normalized spacial score (nSPS) is 18.3. The smallest absolute Gasteiger partial charge is 0.353 e. The van der Waals surface area contributed by atoms with Gasteiger partial charge in [0.2, 0.25) is 0 Å². The molecule has 0 aromatic heterocycles. The molecule has 1 aromatic rings. The van der Waals surface area contributed by atoms with Crippen molar-refractivity contribution in [3.63, 3.8) is 0 Å². The number of ether oxygens (including phenoxy) is 1. The van der Waals surface area contributed by atoms with Gasteiger partial charge in [-0.2, -0.15) is 0 Å². The summed E-state index contributed by atoms with van der Waals surface area (Å²) in [7, 11) is 0. The summed E-state index contributed by atoms with van der Waals surface area (Å²) in [6.07, 6.45) is 0. The Balaban J connectivity index is 0.000000324. The van der Waals surface area contributed by atoms with E-state index >= 15 is 0 Å². The fourth-order valence-corrected chi connectivity index (χ4v) is 2.31. The van der Waals surface area contributed by atoms with E-state index in [2.05, 4.69) is 5.32 Å². The topological polar surface area (TPSA) is 114 Å². The number of hydrogen-bond donors (Lipinski definition) is 4. The Morgan fingerprint density at radius 2 is 2.00 bits per heavy atom. The summed E-state index contributed by atoms with van der Waals surface area (Å²) < 4.78 is 5.39. The molecule has 0 radical (unpaired) electrons. The summed E-state index contributed by atoms with van der Waals surface area (Å²) in [6.45, 7) is 5.02. The van der Waals surface area contributed by atoms with Gasteiger partial charge < -0.3 is 25.9 Å². The molecule has 0 bridgehead atoms. The zero-order chi connectivity index (χ0) is 18.8. The van der Waals surface area contributed by atoms with Crippen LogP contribution in [0.4, 0.5) is 0 Å². The molecule has 6 N–H and O–H groups in total. The molecular formula is C16H24Cl2N4O3. The average Bonchev–Trinajstić information content (AvgIpc) is 2.85. The molecule has 0 saturated carbocycles. The highest BCUT2D eigenvalue weighted by Crippen LogP contribution is 2.19. The summed E-state index contributed by atoms with van der Waals surface area (Å²) in [5, 5.41) is 14.5. The Kier molecular flexibility index (Phi) is 9.62. The van der Waals surface area contributed by atoms with Crippen molar-refractivity contribution in [2.75, 3.05) is 32.8 Å². The predicted octanol–water partition coefficient (Wildman–Crippen LogP) is 1.67. The van der Waals surface area contributed by atoms with Crippen LogP contribution in [0.15, 0.2) is 35.7 Å². The maximum absolute atomic E-state index is 10.7. The van der Waals surface area contributed by atoms with Crippen molar-refractivity contribution in [3.8, 4) is 0 Å². The second-order valence-corrected chi connectivity index (χ2v) is 6.33. The number of rotatable bonds is 4. The van der Waals surface area contributed by atoms with E-state index in [-0.39, 0.29) is 11.6 Å². The van der Waals surface area contributed by atoms with Crippen LogP contribution in [0.1, 0.15) is 6.92 Å². The highest BCUT2D eigenvalue weighted by molar-refractivity contribution is 6.41. The van der Waals surface area contributed by atoms with Crippen LogP contribution in [-0.2, 0) is 9.53 Å². The zero-order valence-electron chi connectivity index (χ0n) is 14.0. The molecule has 1 saturated heterocycles. The Hall–Kier alpha value is -1.51. The lowest BCUT2D eigenvalue weighted by molar-refractivity contribution is -0.132. The van der Waals surface area contributed by atoms with Crippen molar-refractivity contribution < 1.29 is 14.6 Å². The molecule has 2 rings (SSSR count). The lowest BCUT2D eigenvalue weighted by Crippen LogP contribution is -2.40. The number of nitrogens with zero attached hydrogens (tertiary/aromatic N) is 1. The van der Waals surface area contributed by atoms with E-state index in [1.807, 2.05) is 12.1 Å². The Bertz CT molecular complexity index is 569. The number of halogens is 2. The molecule has 9 heteroatoms. The molecule has 1 aromatic carbocycles. The molecule has 25 heavy (non-hydrogen) atoms. The number of benzene rings is 1. The van der Waals surface area contributed by atoms with Crippen molar-refractivity contribution in [2.24, 2.45) is 17.5 Å². The van der Waals surface area contributed by atoms with Crippen molar-refractivity contribution in [1.82, 2.24) is 10.3 Å². The molecule has 0 amide bonds. The van der Waals surface area contributed by atoms with E-state index in [9.17, 15) is 4.79 Å². The number of nitrogens with two attached hydrogens (primary N) is 2. The number of allylic oxidation sites excluding steroid dienone is 1. The lowest BCUT2D eigenvalue weighted by Gasteiger charge is -2.25. The molecule has 0 spiro atoms. The number of hydrazine groups is 1. The number of hydrogen-bond acceptors (Lipinski definition) is 6. The van der Waals surface area contributed by atoms with E-state index in [0.29, 0.717) is 35.5 Å². The fourth-order valence-electron chi connectivity index (χ4n) is 2.04. The van der Waals surface area contributed by atoms with E-state index in [0.717, 1.165) is 13.1 Å². The van der Waals surface area contributed by atoms with Gasteiger partial charge in [-0.1, -0.05) is 35.3 Å². The van der Waals surface area contributed by atoms with E-state index in [4.69, 9.17) is 44.6 Å². The number of aliphatic carboxylic acids is 1. The van der Waals surface area contributed by atoms with Gasteiger partial charge in [0.05, 0.1) is 29.0 Å². The Morgan fingerprint density at radius 3 is 2.52 bits per heavy atom. The molecule has 1 atom stereocenters. The lowest BCUT2D eigenvalue weighted by atomic mass is 10.1. The van der Waals surface area contributed by atoms with Crippen molar-refractivity contribution in [2.45, 2.75) is 6.92 Å². The SMILES string of the molecule is C/C(=C(/N)C(=O)O)N(N)CC1CNCCOC1.Clc1ccccc1Cl. The number of nitrogens with one attached hydrogen (secondary N) is 1. The molecule has 1 aliphatic heterocycles. The fraction of sp³-hybridized carbons (Fsp3) is 0.438. The van der Waals surface area contributed by atoms with Crippen LogP contribution in [0.5, 0.6) is 0 Å². The Labute approximate surface area is 157 Å². The molecule has 1 fully saturated rings. The summed E-state index contributed by atoms with van der Waals surface area (Å²) in [5.74, 6) is 4.85. The maximum atomic E-state index is 10.7. The monoisotopic (exact) mass is 390 g/mol. The molecule has 7 nitrogen and oxygen atoms in total. The van der Waals surface area contributed by atoms with Crippen LogP contribution >= 0.6 is 23.2 Å². The van der Waals surface area contributed by atoms with Gasteiger partial charge in [0.15, 0.2) is 0 Å². The summed E-state index contributed by atoms with van der Waals surface area (Å²) in [4.78, 5) is 10.7. The third-order valence-electron chi connectivity index (χ3n) is 3.54. The van der Waals surface area contributed by atoms with Crippen LogP contribution in [0.2, 0.25) is 10.0 Å². The first kappa shape index (κ1) is 21.5. The molecule has 140 valence electrons. The molecule has 1 heterocycles. The third-order valence-corrected chi connectivity index (χ3v) is 4.30. The molecule has 0 aliphatic carbocycles. The maximum Gasteiger partial charge on any atom is 0.353 e. The first-order valence-corrected chi connectivity index (χ1v) is 8.48. The zero-order valence-corrected chi connectivity index (χ0v) is 15.6. The minimum Gasteiger partial charge on any atom is -0.477 e. The first-order chi connectivity index (χ1) is 11.8. The first-order valence-electron chi connectivity index (χ1n) is 7.73. The standard InChI is InChI=1S/C10H20N4O3.C6H4Cl2/c1-7(9(11)10(15)16)14(12)5-8-4-13-2-3-17-6-8;7-5-3-1-2-4-6(5)8/h8,13H,2-6,11-12H2,1H3,(H,15,16);1-4H/b9-7-;. The Morgan fingerprint density at radius 1 is 1.40 bits per heavy atom. The van der Waals surface area contributed by atoms with Gasteiger partial charge in [-0.25, -0.2) is 10.6 Å². The highest BCUT2D eigenvalue weighted by Gasteiger charge is 2.17. The number of carboxylic acid groups (broad SMARTS) is 1. The van der Waals surface area contributed by atoms with Gasteiger partial charge in [0, 0.05) is 25.6 Å². The second-order valence-electron chi connectivity index (χ2n) is 5.52. The molecular weight excluding hydrogens is 367 g/mol. The van der Waals surface area contributed by atoms with Gasteiger partial charge in [0.1, 0.15) is 5.70 Å². The quantitative estimate of drug-likeness (QED) is 0.351. The van der Waals surface area contributed by atoms with Crippen molar-refractivity contribution in [3.05, 3.63) is 45.7 Å². The van der Waals surface area contributed by atoms with E-state index in [1.165, 1.54) is 5.01 Å². The summed E-state index contributed by atoms with van der Waals surface area (Å²) in [5.41, 5.74) is 5.54. The minimum atomic E-state index is -1.16. The molecule has 1 aliphatic rings. The van der Waals surface area contributed by atoms with Gasteiger partial charge in [-0.15, -0.1) is 0 Å². The van der Waals surface area contributed by atoms with Crippen LogP contribution in [0.3, 0.4) is 0 Å². The van der Waals surface area contributed by atoms with Crippen LogP contribution < -0.4 is 16.9 Å². The highest BCUT2D eigenvalue weighted by atomic mass is 35.5. The van der Waals surface area contributed by atoms with Crippen molar-refractivity contribution in [1.29, 1.82) is 0 Å². The van der Waals surface area contributed by atoms with Gasteiger partial charge in [-0.3, -0.25) is 0 Å². The second kappa shape index (κ2) is 11.2. The summed E-state index contributed by atoms with van der Waals surface area (Å²) in [6, 6.07) is 7.19.